The molecule has 2 heterocycles. The molecule has 7 nitrogen and oxygen atoms in total. The standard InChI is InChI=1S/C11H16N2O5S2/c1-17-11(14)10-9(2-5-19-10)20(15,16)13-7-8-6-12-3-4-18-8/h2,5,8,12-13H,3-4,6-7H2,1H3. The van der Waals surface area contributed by atoms with E-state index in [0.29, 0.717) is 13.2 Å². The van der Waals surface area contributed by atoms with Crippen molar-refractivity contribution in [1.29, 1.82) is 0 Å². The first-order chi connectivity index (χ1) is 9.54. The van der Waals surface area contributed by atoms with E-state index in [9.17, 15) is 13.2 Å². The summed E-state index contributed by atoms with van der Waals surface area (Å²) < 4.78 is 36.8. The first-order valence-corrected chi connectivity index (χ1v) is 8.38. The topological polar surface area (TPSA) is 93.7 Å². The van der Waals surface area contributed by atoms with Crippen molar-refractivity contribution in [2.45, 2.75) is 11.0 Å². The largest absolute Gasteiger partial charge is 0.465 e. The molecule has 112 valence electrons. The van der Waals surface area contributed by atoms with Gasteiger partial charge in [-0.25, -0.2) is 17.9 Å². The zero-order valence-electron chi connectivity index (χ0n) is 10.9. The lowest BCUT2D eigenvalue weighted by Gasteiger charge is -2.23. The first kappa shape index (κ1) is 15.4. The molecule has 9 heteroatoms. The Morgan fingerprint density at radius 3 is 3.10 bits per heavy atom. The van der Waals surface area contributed by atoms with Gasteiger partial charge in [-0.1, -0.05) is 0 Å². The van der Waals surface area contributed by atoms with Crippen LogP contribution in [0, 0.1) is 0 Å². The minimum Gasteiger partial charge on any atom is -0.465 e. The third-order valence-electron chi connectivity index (χ3n) is 2.79. The van der Waals surface area contributed by atoms with Crippen LogP contribution in [0.25, 0.3) is 0 Å². The van der Waals surface area contributed by atoms with Crippen LogP contribution in [-0.2, 0) is 19.5 Å². The minimum atomic E-state index is -3.75. The smallest absolute Gasteiger partial charge is 0.349 e. The Bertz CT molecular complexity index is 563. The van der Waals surface area contributed by atoms with Crippen LogP contribution in [0.5, 0.6) is 0 Å². The van der Waals surface area contributed by atoms with Crippen LogP contribution >= 0.6 is 11.3 Å². The molecule has 0 bridgehead atoms. The van der Waals surface area contributed by atoms with Gasteiger partial charge in [0.1, 0.15) is 9.77 Å². The van der Waals surface area contributed by atoms with Crippen LogP contribution < -0.4 is 10.0 Å². The van der Waals surface area contributed by atoms with Crippen molar-refractivity contribution in [2.75, 3.05) is 33.4 Å². The van der Waals surface area contributed by atoms with Crippen molar-refractivity contribution in [3.63, 3.8) is 0 Å². The average molecular weight is 320 g/mol. The fraction of sp³-hybridized carbons (Fsp3) is 0.545. The van der Waals surface area contributed by atoms with E-state index in [1.54, 1.807) is 5.38 Å². The maximum absolute atomic E-state index is 12.2. The molecule has 1 fully saturated rings. The lowest BCUT2D eigenvalue weighted by molar-refractivity contribution is 0.0324. The van der Waals surface area contributed by atoms with Crippen molar-refractivity contribution >= 4 is 27.3 Å². The molecule has 0 aliphatic carbocycles. The highest BCUT2D eigenvalue weighted by Gasteiger charge is 2.25. The third-order valence-corrected chi connectivity index (χ3v) is 5.28. The molecule has 1 aromatic heterocycles. The number of methoxy groups -OCH3 is 1. The second-order valence-corrected chi connectivity index (χ2v) is 6.81. The molecular weight excluding hydrogens is 304 g/mol. The van der Waals surface area contributed by atoms with Gasteiger partial charge in [-0.2, -0.15) is 0 Å². The summed E-state index contributed by atoms with van der Waals surface area (Å²) in [4.78, 5) is 11.5. The highest BCUT2D eigenvalue weighted by molar-refractivity contribution is 7.89. The molecule has 1 atom stereocenters. The van der Waals surface area contributed by atoms with Gasteiger partial charge < -0.3 is 14.8 Å². The van der Waals surface area contributed by atoms with Crippen molar-refractivity contribution in [2.24, 2.45) is 0 Å². The summed E-state index contributed by atoms with van der Waals surface area (Å²) in [6.07, 6.45) is -0.210. The maximum Gasteiger partial charge on any atom is 0.349 e. The highest BCUT2D eigenvalue weighted by atomic mass is 32.2. The van der Waals surface area contributed by atoms with E-state index in [2.05, 4.69) is 14.8 Å². The predicted octanol–water partition coefficient (Wildman–Crippen LogP) is -0.199. The van der Waals surface area contributed by atoms with E-state index >= 15 is 0 Å². The molecule has 0 saturated carbocycles. The fourth-order valence-electron chi connectivity index (χ4n) is 1.78. The van der Waals surface area contributed by atoms with E-state index < -0.39 is 16.0 Å². The zero-order chi connectivity index (χ0) is 14.6. The van der Waals surface area contributed by atoms with Crippen molar-refractivity contribution in [3.8, 4) is 0 Å². The lowest BCUT2D eigenvalue weighted by atomic mass is 10.3. The van der Waals surface area contributed by atoms with Crippen molar-refractivity contribution in [1.82, 2.24) is 10.0 Å². The third kappa shape index (κ3) is 3.55. The molecule has 0 spiro atoms. The molecule has 1 aliphatic heterocycles. The van der Waals surface area contributed by atoms with Gasteiger partial charge in [0.05, 0.1) is 19.8 Å². The quantitative estimate of drug-likeness (QED) is 0.730. The Hall–Kier alpha value is -1.00. The molecule has 0 aromatic carbocycles. The molecule has 0 amide bonds. The number of ether oxygens (including phenoxy) is 2. The minimum absolute atomic E-state index is 0.0573. The van der Waals surface area contributed by atoms with E-state index in [4.69, 9.17) is 4.74 Å². The summed E-state index contributed by atoms with van der Waals surface area (Å²) in [5.74, 6) is -0.657. The van der Waals surface area contributed by atoms with Gasteiger partial charge in [-0.3, -0.25) is 0 Å². The SMILES string of the molecule is COC(=O)c1sccc1S(=O)(=O)NCC1CNCCO1. The number of carbonyl (C=O) groups excluding carboxylic acids is 1. The number of sulfonamides is 1. The monoisotopic (exact) mass is 320 g/mol. The zero-order valence-corrected chi connectivity index (χ0v) is 12.6. The van der Waals surface area contributed by atoms with Gasteiger partial charge in [0.15, 0.2) is 0 Å². The molecule has 1 aromatic rings. The fourth-order valence-corrected chi connectivity index (χ4v) is 4.18. The second kappa shape index (κ2) is 6.64. The van der Waals surface area contributed by atoms with Crippen LogP contribution in [0.3, 0.4) is 0 Å². The number of esters is 1. The summed E-state index contributed by atoms with van der Waals surface area (Å²) >= 11 is 1.03. The average Bonchev–Trinajstić information content (AvgIpc) is 2.96. The van der Waals surface area contributed by atoms with Gasteiger partial charge in [-0.15, -0.1) is 11.3 Å². The Kier molecular flexibility index (Phi) is 5.11. The summed E-state index contributed by atoms with van der Waals surface area (Å²) in [6, 6.07) is 1.39. The summed E-state index contributed by atoms with van der Waals surface area (Å²) in [5, 5.41) is 4.65. The van der Waals surface area contributed by atoms with E-state index in [1.165, 1.54) is 13.2 Å². The number of thiophene rings is 1. The number of rotatable bonds is 5. The maximum atomic E-state index is 12.2. The molecular formula is C11H16N2O5S2. The Morgan fingerprint density at radius 1 is 1.65 bits per heavy atom. The molecule has 20 heavy (non-hydrogen) atoms. The van der Waals surface area contributed by atoms with Crippen molar-refractivity contribution in [3.05, 3.63) is 16.3 Å². The predicted molar refractivity (Wildman–Crippen MR) is 73.5 cm³/mol. The van der Waals surface area contributed by atoms with Gasteiger partial charge in [0, 0.05) is 19.6 Å². The van der Waals surface area contributed by atoms with E-state index in [-0.39, 0.29) is 22.4 Å². The number of nitrogens with one attached hydrogen (secondary N) is 2. The van der Waals surface area contributed by atoms with Gasteiger partial charge in [0.2, 0.25) is 10.0 Å². The number of hydrogen-bond donors (Lipinski definition) is 2. The molecule has 1 aliphatic rings. The lowest BCUT2D eigenvalue weighted by Crippen LogP contribution is -2.45. The Labute approximate surface area is 121 Å². The Morgan fingerprint density at radius 2 is 2.45 bits per heavy atom. The Balaban J connectivity index is 2.06. The van der Waals surface area contributed by atoms with E-state index in [1.807, 2.05) is 0 Å². The highest BCUT2D eigenvalue weighted by Crippen LogP contribution is 2.22. The summed E-state index contributed by atoms with van der Waals surface area (Å²) in [6.45, 7) is 2.07. The molecule has 2 rings (SSSR count). The molecule has 0 radical (unpaired) electrons. The van der Waals surface area contributed by atoms with Crippen molar-refractivity contribution < 1.29 is 22.7 Å². The number of carbonyl (C=O) groups is 1. The number of morpholine rings is 1. The van der Waals surface area contributed by atoms with Crippen LogP contribution in [-0.4, -0.2) is 53.8 Å². The van der Waals surface area contributed by atoms with Gasteiger partial charge in [0.25, 0.3) is 0 Å². The summed E-state index contributed by atoms with van der Waals surface area (Å²) in [5.41, 5.74) is 0. The molecule has 2 N–H and O–H groups in total. The van der Waals surface area contributed by atoms with Crippen LogP contribution in [0.15, 0.2) is 16.3 Å². The van der Waals surface area contributed by atoms with Gasteiger partial charge >= 0.3 is 5.97 Å². The van der Waals surface area contributed by atoms with E-state index in [0.717, 1.165) is 17.9 Å². The van der Waals surface area contributed by atoms with Gasteiger partial charge in [-0.05, 0) is 11.4 Å². The van der Waals surface area contributed by atoms with Crippen LogP contribution in [0.1, 0.15) is 9.67 Å². The molecule has 1 unspecified atom stereocenters. The second-order valence-electron chi connectivity index (χ2n) is 4.15. The van der Waals surface area contributed by atoms with Crippen LogP contribution in [0.4, 0.5) is 0 Å². The van der Waals surface area contributed by atoms with Crippen LogP contribution in [0.2, 0.25) is 0 Å². The first-order valence-electron chi connectivity index (χ1n) is 6.02. The summed E-state index contributed by atoms with van der Waals surface area (Å²) in [7, 11) is -2.53. The molecule has 1 saturated heterocycles. The normalized spacial score (nSPS) is 19.8. The number of hydrogen-bond acceptors (Lipinski definition) is 7.